The van der Waals surface area contributed by atoms with Crippen LogP contribution in [0.1, 0.15) is 12.8 Å². The van der Waals surface area contributed by atoms with Crippen LogP contribution in [0.2, 0.25) is 0 Å². The standard InChI is InChI=1S/C9H17N3OS/c1-11-8(13)6-12-4-2-3-7(5-12)9(10)14/h7H,2-6H2,1H3,(H2,10,14)(H,11,13). The molecule has 1 aliphatic heterocycles. The topological polar surface area (TPSA) is 58.4 Å². The molecular formula is C9H17N3OS. The van der Waals surface area contributed by atoms with Crippen molar-refractivity contribution in [3.05, 3.63) is 0 Å². The summed E-state index contributed by atoms with van der Waals surface area (Å²) in [7, 11) is 1.65. The van der Waals surface area contributed by atoms with Crippen molar-refractivity contribution in [2.75, 3.05) is 26.7 Å². The summed E-state index contributed by atoms with van der Waals surface area (Å²) >= 11 is 4.96. The third kappa shape index (κ3) is 3.23. The maximum Gasteiger partial charge on any atom is 0.233 e. The van der Waals surface area contributed by atoms with E-state index in [9.17, 15) is 4.79 Å². The van der Waals surface area contributed by atoms with E-state index in [1.54, 1.807) is 7.05 Å². The molecular weight excluding hydrogens is 198 g/mol. The molecule has 5 heteroatoms. The normalized spacial score (nSPS) is 23.1. The summed E-state index contributed by atoms with van der Waals surface area (Å²) in [6.07, 6.45) is 2.12. The summed E-state index contributed by atoms with van der Waals surface area (Å²) in [6, 6.07) is 0. The number of thiocarbonyl (C=S) groups is 1. The molecule has 0 aromatic heterocycles. The molecule has 0 spiro atoms. The van der Waals surface area contributed by atoms with Crippen LogP contribution in [-0.2, 0) is 4.79 Å². The molecule has 1 heterocycles. The van der Waals surface area contributed by atoms with Gasteiger partial charge in [0.2, 0.25) is 5.91 Å². The first-order valence-corrected chi connectivity index (χ1v) is 5.26. The molecule has 1 amide bonds. The SMILES string of the molecule is CNC(=O)CN1CCCC(C(N)=S)C1. The second kappa shape index (κ2) is 5.26. The van der Waals surface area contributed by atoms with Gasteiger partial charge in [-0.25, -0.2) is 0 Å². The minimum Gasteiger partial charge on any atom is -0.393 e. The smallest absolute Gasteiger partial charge is 0.233 e. The number of likely N-dealkylation sites (N-methyl/N-ethyl adjacent to an activating group) is 1. The molecule has 1 aliphatic rings. The highest BCUT2D eigenvalue weighted by Gasteiger charge is 2.22. The number of hydrogen-bond acceptors (Lipinski definition) is 3. The van der Waals surface area contributed by atoms with Crippen molar-refractivity contribution in [1.82, 2.24) is 10.2 Å². The van der Waals surface area contributed by atoms with Gasteiger partial charge in [0.15, 0.2) is 0 Å². The maximum absolute atomic E-state index is 11.1. The van der Waals surface area contributed by atoms with E-state index >= 15 is 0 Å². The van der Waals surface area contributed by atoms with E-state index in [4.69, 9.17) is 18.0 Å². The van der Waals surface area contributed by atoms with Crippen molar-refractivity contribution in [3.63, 3.8) is 0 Å². The molecule has 0 saturated carbocycles. The number of nitrogens with zero attached hydrogens (tertiary/aromatic N) is 1. The first-order chi connectivity index (χ1) is 6.63. The molecule has 0 bridgehead atoms. The summed E-state index contributed by atoms with van der Waals surface area (Å²) in [6.45, 7) is 2.24. The third-order valence-corrected chi connectivity index (χ3v) is 2.89. The van der Waals surface area contributed by atoms with Gasteiger partial charge < -0.3 is 11.1 Å². The molecule has 80 valence electrons. The van der Waals surface area contributed by atoms with Gasteiger partial charge in [-0.1, -0.05) is 12.2 Å². The van der Waals surface area contributed by atoms with E-state index in [0.717, 1.165) is 25.9 Å². The zero-order valence-corrected chi connectivity index (χ0v) is 9.27. The van der Waals surface area contributed by atoms with Crippen LogP contribution in [0.4, 0.5) is 0 Å². The number of carbonyl (C=O) groups excluding carboxylic acids is 1. The fourth-order valence-electron chi connectivity index (χ4n) is 1.71. The van der Waals surface area contributed by atoms with Gasteiger partial charge in [-0.15, -0.1) is 0 Å². The van der Waals surface area contributed by atoms with E-state index < -0.39 is 0 Å². The third-order valence-electron chi connectivity index (χ3n) is 2.55. The van der Waals surface area contributed by atoms with Gasteiger partial charge in [-0.2, -0.15) is 0 Å². The van der Waals surface area contributed by atoms with Crippen LogP contribution >= 0.6 is 12.2 Å². The number of carbonyl (C=O) groups is 1. The molecule has 0 aromatic rings. The van der Waals surface area contributed by atoms with Crippen LogP contribution in [0, 0.1) is 5.92 Å². The number of rotatable bonds is 3. The van der Waals surface area contributed by atoms with Gasteiger partial charge in [0.05, 0.1) is 11.5 Å². The lowest BCUT2D eigenvalue weighted by Gasteiger charge is -2.31. The van der Waals surface area contributed by atoms with Crippen molar-refractivity contribution in [3.8, 4) is 0 Å². The number of nitrogens with one attached hydrogen (secondary N) is 1. The monoisotopic (exact) mass is 215 g/mol. The average molecular weight is 215 g/mol. The van der Waals surface area contributed by atoms with E-state index in [0.29, 0.717) is 11.5 Å². The molecule has 1 rings (SSSR count). The van der Waals surface area contributed by atoms with E-state index in [1.165, 1.54) is 0 Å². The van der Waals surface area contributed by atoms with Crippen LogP contribution in [0.25, 0.3) is 0 Å². The first kappa shape index (κ1) is 11.4. The lowest BCUT2D eigenvalue weighted by atomic mass is 9.98. The second-order valence-electron chi connectivity index (χ2n) is 3.65. The lowest BCUT2D eigenvalue weighted by molar-refractivity contribution is -0.122. The largest absolute Gasteiger partial charge is 0.393 e. The summed E-state index contributed by atoms with van der Waals surface area (Å²) < 4.78 is 0. The molecule has 14 heavy (non-hydrogen) atoms. The van der Waals surface area contributed by atoms with Gasteiger partial charge in [-0.05, 0) is 19.4 Å². The molecule has 0 aliphatic carbocycles. The summed E-state index contributed by atoms with van der Waals surface area (Å²) in [4.78, 5) is 13.8. The van der Waals surface area contributed by atoms with E-state index in [-0.39, 0.29) is 11.8 Å². The molecule has 1 saturated heterocycles. The second-order valence-corrected chi connectivity index (χ2v) is 4.12. The zero-order valence-electron chi connectivity index (χ0n) is 8.45. The molecule has 0 radical (unpaired) electrons. The fourth-order valence-corrected chi connectivity index (χ4v) is 1.91. The van der Waals surface area contributed by atoms with Crippen molar-refractivity contribution in [1.29, 1.82) is 0 Å². The van der Waals surface area contributed by atoms with Gasteiger partial charge in [0.1, 0.15) is 0 Å². The van der Waals surface area contributed by atoms with Crippen molar-refractivity contribution in [2.45, 2.75) is 12.8 Å². The lowest BCUT2D eigenvalue weighted by Crippen LogP contribution is -2.44. The summed E-state index contributed by atoms with van der Waals surface area (Å²) in [5, 5.41) is 2.61. The quantitative estimate of drug-likeness (QED) is 0.636. The van der Waals surface area contributed by atoms with Gasteiger partial charge in [-0.3, -0.25) is 9.69 Å². The highest BCUT2D eigenvalue weighted by molar-refractivity contribution is 7.80. The molecule has 0 aromatic carbocycles. The molecule has 4 nitrogen and oxygen atoms in total. The predicted octanol–water partition coefficient (Wildman–Crippen LogP) is -0.269. The van der Waals surface area contributed by atoms with Crippen LogP contribution in [0.15, 0.2) is 0 Å². The Hall–Kier alpha value is -0.680. The summed E-state index contributed by atoms with van der Waals surface area (Å²) in [5.74, 6) is 0.331. The minimum absolute atomic E-state index is 0.0496. The van der Waals surface area contributed by atoms with E-state index in [1.807, 2.05) is 0 Å². The Balaban J connectivity index is 2.40. The Morgan fingerprint density at radius 3 is 3.00 bits per heavy atom. The fraction of sp³-hybridized carbons (Fsp3) is 0.778. The highest BCUT2D eigenvalue weighted by atomic mass is 32.1. The highest BCUT2D eigenvalue weighted by Crippen LogP contribution is 2.16. The van der Waals surface area contributed by atoms with Crippen molar-refractivity contribution >= 4 is 23.1 Å². The van der Waals surface area contributed by atoms with Crippen LogP contribution in [0.5, 0.6) is 0 Å². The number of nitrogens with two attached hydrogens (primary N) is 1. The van der Waals surface area contributed by atoms with Crippen LogP contribution in [0.3, 0.4) is 0 Å². The molecule has 3 N–H and O–H groups in total. The van der Waals surface area contributed by atoms with Crippen LogP contribution < -0.4 is 11.1 Å². The number of amides is 1. The maximum atomic E-state index is 11.1. The predicted molar refractivity (Wildman–Crippen MR) is 60.0 cm³/mol. The van der Waals surface area contributed by atoms with Crippen LogP contribution in [-0.4, -0.2) is 42.5 Å². The van der Waals surface area contributed by atoms with Crippen molar-refractivity contribution in [2.24, 2.45) is 11.7 Å². The van der Waals surface area contributed by atoms with Gasteiger partial charge in [0.25, 0.3) is 0 Å². The number of hydrogen-bond donors (Lipinski definition) is 2. The van der Waals surface area contributed by atoms with E-state index in [2.05, 4.69) is 10.2 Å². The minimum atomic E-state index is 0.0496. The van der Waals surface area contributed by atoms with Gasteiger partial charge >= 0.3 is 0 Å². The zero-order chi connectivity index (χ0) is 10.6. The molecule has 1 atom stereocenters. The molecule has 1 fully saturated rings. The first-order valence-electron chi connectivity index (χ1n) is 4.85. The average Bonchev–Trinajstić information content (AvgIpc) is 2.18. The molecule has 1 unspecified atom stereocenters. The summed E-state index contributed by atoms with van der Waals surface area (Å²) in [5.41, 5.74) is 5.60. The van der Waals surface area contributed by atoms with Gasteiger partial charge in [0, 0.05) is 19.5 Å². The Labute approximate surface area is 89.8 Å². The number of piperidine rings is 1. The van der Waals surface area contributed by atoms with Crippen molar-refractivity contribution < 1.29 is 4.79 Å². The Morgan fingerprint density at radius 2 is 2.43 bits per heavy atom. The Kier molecular flexibility index (Phi) is 4.28. The number of likely N-dealkylation sites (tertiary alicyclic amines) is 1. The Morgan fingerprint density at radius 1 is 1.71 bits per heavy atom. The Bertz CT molecular complexity index is 232.